The predicted molar refractivity (Wildman–Crippen MR) is 86.9 cm³/mol. The van der Waals surface area contributed by atoms with E-state index in [0.29, 0.717) is 5.41 Å². The molecule has 0 radical (unpaired) electrons. The summed E-state index contributed by atoms with van der Waals surface area (Å²) in [5.74, 6) is 3.26. The largest absolute Gasteiger partial charge is 0.392 e. The molecule has 0 heterocycles. The molecule has 4 rings (SSSR count). The molecule has 1 N–H and O–H groups in total. The van der Waals surface area contributed by atoms with Gasteiger partial charge in [-0.3, -0.25) is 0 Å². The molecule has 7 atom stereocenters. The summed E-state index contributed by atoms with van der Waals surface area (Å²) in [5, 5.41) is 11.0. The topological polar surface area (TPSA) is 20.2 Å². The maximum atomic E-state index is 11.0. The molecule has 0 aliphatic heterocycles. The zero-order chi connectivity index (χ0) is 15.0. The van der Waals surface area contributed by atoms with Crippen LogP contribution in [0.4, 0.5) is 0 Å². The fourth-order valence-corrected chi connectivity index (χ4v) is 6.66. The first-order valence-corrected chi connectivity index (χ1v) is 9.30. The molecule has 0 amide bonds. The molecule has 1 heteroatoms. The smallest absolute Gasteiger partial charge is 0.0639 e. The van der Waals surface area contributed by atoms with Crippen molar-refractivity contribution in [1.29, 1.82) is 0 Å². The van der Waals surface area contributed by atoms with E-state index in [4.69, 9.17) is 0 Å². The van der Waals surface area contributed by atoms with E-state index < -0.39 is 0 Å². The van der Waals surface area contributed by atoms with Gasteiger partial charge in [-0.2, -0.15) is 0 Å². The van der Waals surface area contributed by atoms with E-state index >= 15 is 0 Å². The van der Waals surface area contributed by atoms with Gasteiger partial charge in [-0.1, -0.05) is 38.8 Å². The standard InChI is InChI=1S/C20H32O/c1-12-5-6-14-13(2)7-9-19(3)11-16(21)20(4)10-8-15(12)18(20)17(14)19/h12-16,21H,5-11H2,1-4H3/t12-,13+,14+,15+,16+,19+,20-/m1/s1. The van der Waals surface area contributed by atoms with E-state index in [9.17, 15) is 5.11 Å². The van der Waals surface area contributed by atoms with Gasteiger partial charge in [0.15, 0.2) is 0 Å². The summed E-state index contributed by atoms with van der Waals surface area (Å²) in [6.45, 7) is 9.82. The van der Waals surface area contributed by atoms with Crippen molar-refractivity contribution < 1.29 is 5.11 Å². The summed E-state index contributed by atoms with van der Waals surface area (Å²) >= 11 is 0. The summed E-state index contributed by atoms with van der Waals surface area (Å²) in [5.41, 5.74) is 4.01. The zero-order valence-electron chi connectivity index (χ0n) is 14.3. The second-order valence-electron chi connectivity index (χ2n) is 9.35. The maximum absolute atomic E-state index is 11.0. The fourth-order valence-electron chi connectivity index (χ4n) is 6.66. The minimum Gasteiger partial charge on any atom is -0.392 e. The SMILES string of the molecule is C[C@@H]1CC[C@@H]2C3=C4[C@H]1CC[C@]4(C)[C@@H](O)C[C@]3(C)CC[C@@H]2C. The molecule has 21 heavy (non-hydrogen) atoms. The quantitative estimate of drug-likeness (QED) is 0.626. The second-order valence-corrected chi connectivity index (χ2v) is 9.35. The molecule has 2 fully saturated rings. The van der Waals surface area contributed by atoms with Crippen molar-refractivity contribution in [3.8, 4) is 0 Å². The highest BCUT2D eigenvalue weighted by Gasteiger charge is 2.58. The van der Waals surface area contributed by atoms with Crippen molar-refractivity contribution in [2.45, 2.75) is 78.7 Å². The van der Waals surface area contributed by atoms with Gasteiger partial charge < -0.3 is 5.11 Å². The van der Waals surface area contributed by atoms with E-state index in [1.54, 1.807) is 5.57 Å². The van der Waals surface area contributed by atoms with Crippen molar-refractivity contribution in [3.05, 3.63) is 11.1 Å². The normalized spacial score (nSPS) is 56.1. The van der Waals surface area contributed by atoms with Crippen LogP contribution in [0.25, 0.3) is 0 Å². The lowest BCUT2D eigenvalue weighted by molar-refractivity contribution is -0.00280. The summed E-state index contributed by atoms with van der Waals surface area (Å²) < 4.78 is 0. The first-order valence-electron chi connectivity index (χ1n) is 9.30. The van der Waals surface area contributed by atoms with Gasteiger partial charge in [0.05, 0.1) is 6.10 Å². The zero-order valence-corrected chi connectivity index (χ0v) is 14.3. The number of hydrogen-bond acceptors (Lipinski definition) is 1. The molecule has 4 aliphatic carbocycles. The lowest BCUT2D eigenvalue weighted by Crippen LogP contribution is -2.47. The van der Waals surface area contributed by atoms with Crippen molar-refractivity contribution in [1.82, 2.24) is 0 Å². The monoisotopic (exact) mass is 288 g/mol. The third-order valence-electron chi connectivity index (χ3n) is 8.11. The fraction of sp³-hybridized carbons (Fsp3) is 0.900. The molecule has 0 bridgehead atoms. The Morgan fingerprint density at radius 2 is 1.52 bits per heavy atom. The van der Waals surface area contributed by atoms with Gasteiger partial charge in [-0.15, -0.1) is 0 Å². The van der Waals surface area contributed by atoms with Gasteiger partial charge in [-0.25, -0.2) is 0 Å². The number of hydrogen-bond donors (Lipinski definition) is 1. The maximum Gasteiger partial charge on any atom is 0.0639 e. The molecule has 0 saturated heterocycles. The van der Waals surface area contributed by atoms with E-state index in [0.717, 1.165) is 30.1 Å². The van der Waals surface area contributed by atoms with Crippen molar-refractivity contribution >= 4 is 0 Å². The molecule has 118 valence electrons. The molecule has 2 saturated carbocycles. The highest BCUT2D eigenvalue weighted by atomic mass is 16.3. The molecule has 0 unspecified atom stereocenters. The van der Waals surface area contributed by atoms with Gasteiger partial charge in [0, 0.05) is 5.41 Å². The van der Waals surface area contributed by atoms with Crippen LogP contribution in [0, 0.1) is 34.5 Å². The summed E-state index contributed by atoms with van der Waals surface area (Å²) in [4.78, 5) is 0. The second kappa shape index (κ2) is 4.37. The molecular formula is C20H32O. The third-order valence-corrected chi connectivity index (χ3v) is 8.11. The number of aliphatic hydroxyl groups excluding tert-OH is 1. The number of aliphatic hydroxyl groups is 1. The lowest BCUT2D eigenvalue weighted by Gasteiger charge is -2.54. The van der Waals surface area contributed by atoms with E-state index in [1.165, 1.54) is 38.5 Å². The molecule has 0 spiro atoms. The van der Waals surface area contributed by atoms with Crippen LogP contribution < -0.4 is 0 Å². The molecule has 0 aromatic carbocycles. The minimum absolute atomic E-state index is 0.105. The van der Waals surface area contributed by atoms with Gasteiger partial charge >= 0.3 is 0 Å². The molecule has 0 aromatic rings. The van der Waals surface area contributed by atoms with Crippen molar-refractivity contribution in [2.75, 3.05) is 0 Å². The number of rotatable bonds is 0. The Balaban J connectivity index is 1.96. The Hall–Kier alpha value is -0.300. The van der Waals surface area contributed by atoms with Gasteiger partial charge in [0.25, 0.3) is 0 Å². The summed E-state index contributed by atoms with van der Waals surface area (Å²) in [7, 11) is 0. The minimum atomic E-state index is -0.106. The van der Waals surface area contributed by atoms with Crippen LogP contribution >= 0.6 is 0 Å². The Bertz CT molecular complexity index is 492. The van der Waals surface area contributed by atoms with Crippen LogP contribution in [0.15, 0.2) is 11.1 Å². The Labute approximate surface area is 130 Å². The Morgan fingerprint density at radius 1 is 0.857 bits per heavy atom. The summed E-state index contributed by atoms with van der Waals surface area (Å²) in [6.07, 6.45) is 8.92. The van der Waals surface area contributed by atoms with E-state index in [2.05, 4.69) is 27.7 Å². The van der Waals surface area contributed by atoms with Crippen molar-refractivity contribution in [2.24, 2.45) is 34.5 Å². The van der Waals surface area contributed by atoms with Crippen LogP contribution in [0.2, 0.25) is 0 Å². The van der Waals surface area contributed by atoms with Crippen LogP contribution in [0.3, 0.4) is 0 Å². The molecule has 1 nitrogen and oxygen atoms in total. The van der Waals surface area contributed by atoms with Gasteiger partial charge in [0.2, 0.25) is 0 Å². The third kappa shape index (κ3) is 1.73. The Kier molecular flexibility index (Phi) is 2.98. The Morgan fingerprint density at radius 3 is 2.29 bits per heavy atom. The first-order chi connectivity index (χ1) is 9.87. The lowest BCUT2D eigenvalue weighted by atomic mass is 9.52. The van der Waals surface area contributed by atoms with Gasteiger partial charge in [-0.05, 0) is 74.0 Å². The van der Waals surface area contributed by atoms with Gasteiger partial charge in [0.1, 0.15) is 0 Å². The average molecular weight is 288 g/mol. The molecule has 4 aliphatic rings. The van der Waals surface area contributed by atoms with Crippen LogP contribution in [-0.4, -0.2) is 11.2 Å². The van der Waals surface area contributed by atoms with E-state index in [1.807, 2.05) is 5.57 Å². The average Bonchev–Trinajstić information content (AvgIpc) is 2.69. The van der Waals surface area contributed by atoms with Crippen LogP contribution in [0.5, 0.6) is 0 Å². The highest BCUT2D eigenvalue weighted by molar-refractivity contribution is 5.40. The summed E-state index contributed by atoms with van der Waals surface area (Å²) in [6, 6.07) is 0. The highest BCUT2D eigenvalue weighted by Crippen LogP contribution is 2.66. The van der Waals surface area contributed by atoms with Crippen LogP contribution in [0.1, 0.15) is 72.6 Å². The predicted octanol–water partition coefficient (Wildman–Crippen LogP) is 4.95. The van der Waals surface area contributed by atoms with Crippen molar-refractivity contribution in [3.63, 3.8) is 0 Å². The number of allylic oxidation sites excluding steroid dienone is 1. The molecular weight excluding hydrogens is 256 g/mol. The van der Waals surface area contributed by atoms with Crippen LogP contribution in [-0.2, 0) is 0 Å². The molecule has 0 aromatic heterocycles. The van der Waals surface area contributed by atoms with E-state index in [-0.39, 0.29) is 11.5 Å². The first kappa shape index (κ1) is 14.3.